The average Bonchev–Trinajstić information content (AvgIpc) is 2.67. The van der Waals surface area contributed by atoms with E-state index < -0.39 is 0 Å². The predicted molar refractivity (Wildman–Crippen MR) is 97.3 cm³/mol. The van der Waals surface area contributed by atoms with Crippen molar-refractivity contribution in [2.75, 3.05) is 0 Å². The predicted octanol–water partition coefficient (Wildman–Crippen LogP) is 5.53. The molecule has 0 bridgehead atoms. The van der Waals surface area contributed by atoms with E-state index in [1.54, 1.807) is 0 Å². The number of rotatable bonds is 6. The minimum absolute atomic E-state index is 0.149. The zero-order valence-electron chi connectivity index (χ0n) is 13.7. The lowest BCUT2D eigenvalue weighted by Gasteiger charge is -2.11. The van der Waals surface area contributed by atoms with Crippen LogP contribution >= 0.6 is 0 Å². The van der Waals surface area contributed by atoms with Crippen LogP contribution in [-0.4, -0.2) is 5.78 Å². The molecule has 2 nitrogen and oxygen atoms in total. The molecule has 0 amide bonds. The summed E-state index contributed by atoms with van der Waals surface area (Å²) in [6, 6.07) is 25.9. The van der Waals surface area contributed by atoms with Crippen molar-refractivity contribution in [3.63, 3.8) is 0 Å². The molecule has 3 rings (SSSR count). The Labute approximate surface area is 142 Å². The number of carbonyl (C=O) groups excluding carboxylic acids is 1. The number of carbonyl (C=O) groups is 1. The SMILES string of the molecule is CCC(=O)c1ccc(OCc2ccccc2-c2ccccc2)cc1. The summed E-state index contributed by atoms with van der Waals surface area (Å²) in [6.07, 6.45) is 0.519. The molecular formula is C22H20O2. The molecule has 0 aromatic heterocycles. The van der Waals surface area contributed by atoms with Crippen LogP contribution in [0.3, 0.4) is 0 Å². The molecule has 0 aliphatic carbocycles. The molecule has 24 heavy (non-hydrogen) atoms. The maximum Gasteiger partial charge on any atom is 0.162 e. The van der Waals surface area contributed by atoms with Gasteiger partial charge in [0, 0.05) is 12.0 Å². The van der Waals surface area contributed by atoms with Crippen molar-refractivity contribution in [3.05, 3.63) is 90.0 Å². The molecule has 0 atom stereocenters. The summed E-state index contributed by atoms with van der Waals surface area (Å²) in [5, 5.41) is 0. The maximum absolute atomic E-state index is 11.7. The Kier molecular flexibility index (Phi) is 5.07. The fraction of sp³-hybridized carbons (Fsp3) is 0.136. The van der Waals surface area contributed by atoms with Crippen LogP contribution in [0.5, 0.6) is 5.75 Å². The van der Waals surface area contributed by atoms with Crippen LogP contribution in [-0.2, 0) is 6.61 Å². The summed E-state index contributed by atoms with van der Waals surface area (Å²) in [6.45, 7) is 2.36. The van der Waals surface area contributed by atoms with Gasteiger partial charge in [0.1, 0.15) is 12.4 Å². The number of benzene rings is 3. The Morgan fingerprint density at radius 3 is 2.21 bits per heavy atom. The third kappa shape index (κ3) is 3.72. The summed E-state index contributed by atoms with van der Waals surface area (Å²) in [4.78, 5) is 11.7. The van der Waals surface area contributed by atoms with Gasteiger partial charge >= 0.3 is 0 Å². The van der Waals surface area contributed by atoms with Gasteiger partial charge in [0.25, 0.3) is 0 Å². The molecule has 0 aliphatic heterocycles. The first-order chi connectivity index (χ1) is 11.8. The van der Waals surface area contributed by atoms with Gasteiger partial charge in [0.15, 0.2) is 5.78 Å². The summed E-state index contributed by atoms with van der Waals surface area (Å²) < 4.78 is 5.91. The second-order valence-electron chi connectivity index (χ2n) is 5.61. The van der Waals surface area contributed by atoms with Crippen LogP contribution in [0.25, 0.3) is 11.1 Å². The van der Waals surface area contributed by atoms with E-state index in [-0.39, 0.29) is 5.78 Å². The molecule has 3 aromatic carbocycles. The second kappa shape index (κ2) is 7.60. The molecule has 0 N–H and O–H groups in total. The topological polar surface area (TPSA) is 26.3 Å². The fourth-order valence-corrected chi connectivity index (χ4v) is 2.65. The van der Waals surface area contributed by atoms with Gasteiger partial charge in [-0.25, -0.2) is 0 Å². The molecule has 0 heterocycles. The van der Waals surface area contributed by atoms with Gasteiger partial charge in [-0.3, -0.25) is 4.79 Å². The highest BCUT2D eigenvalue weighted by Gasteiger charge is 2.06. The van der Waals surface area contributed by atoms with Crippen molar-refractivity contribution in [1.82, 2.24) is 0 Å². The Bertz CT molecular complexity index is 805. The number of ketones is 1. The van der Waals surface area contributed by atoms with Crippen molar-refractivity contribution < 1.29 is 9.53 Å². The van der Waals surface area contributed by atoms with E-state index in [9.17, 15) is 4.79 Å². The Morgan fingerprint density at radius 1 is 0.833 bits per heavy atom. The third-order valence-corrected chi connectivity index (χ3v) is 3.99. The lowest BCUT2D eigenvalue weighted by molar-refractivity contribution is 0.0988. The molecule has 0 aliphatic rings. The second-order valence-corrected chi connectivity index (χ2v) is 5.61. The van der Waals surface area contributed by atoms with Crippen LogP contribution in [0.4, 0.5) is 0 Å². The monoisotopic (exact) mass is 316 g/mol. The zero-order valence-corrected chi connectivity index (χ0v) is 13.7. The first-order valence-electron chi connectivity index (χ1n) is 8.17. The van der Waals surface area contributed by atoms with Crippen LogP contribution in [0.15, 0.2) is 78.9 Å². The van der Waals surface area contributed by atoms with Crippen LogP contribution < -0.4 is 4.74 Å². The molecule has 120 valence electrons. The minimum Gasteiger partial charge on any atom is -0.489 e. The summed E-state index contributed by atoms with van der Waals surface area (Å²) in [7, 11) is 0. The van der Waals surface area contributed by atoms with Crippen molar-refractivity contribution in [3.8, 4) is 16.9 Å². The Hall–Kier alpha value is -2.87. The number of Topliss-reactive ketones (excluding diaryl/α,β-unsaturated/α-hetero) is 1. The average molecular weight is 316 g/mol. The normalized spacial score (nSPS) is 10.4. The van der Waals surface area contributed by atoms with Gasteiger partial charge in [0.2, 0.25) is 0 Å². The first-order valence-corrected chi connectivity index (χ1v) is 8.17. The van der Waals surface area contributed by atoms with Crippen molar-refractivity contribution in [2.45, 2.75) is 20.0 Å². The largest absolute Gasteiger partial charge is 0.489 e. The summed E-state index contributed by atoms with van der Waals surface area (Å²) >= 11 is 0. The Morgan fingerprint density at radius 2 is 1.50 bits per heavy atom. The molecule has 0 unspecified atom stereocenters. The number of hydrogen-bond donors (Lipinski definition) is 0. The Balaban J connectivity index is 1.75. The van der Waals surface area contributed by atoms with E-state index in [0.717, 1.165) is 16.9 Å². The van der Waals surface area contributed by atoms with Gasteiger partial charge in [-0.15, -0.1) is 0 Å². The van der Waals surface area contributed by atoms with E-state index in [1.807, 2.05) is 61.5 Å². The van der Waals surface area contributed by atoms with Crippen LogP contribution in [0.2, 0.25) is 0 Å². The van der Waals surface area contributed by atoms with E-state index in [2.05, 4.69) is 24.3 Å². The number of hydrogen-bond acceptors (Lipinski definition) is 2. The highest BCUT2D eigenvalue weighted by atomic mass is 16.5. The number of ether oxygens (including phenoxy) is 1. The highest BCUT2D eigenvalue weighted by molar-refractivity contribution is 5.95. The maximum atomic E-state index is 11.7. The molecule has 0 spiro atoms. The van der Waals surface area contributed by atoms with Gasteiger partial charge in [-0.1, -0.05) is 61.5 Å². The first kappa shape index (κ1) is 16.0. The molecule has 3 aromatic rings. The van der Waals surface area contributed by atoms with E-state index in [0.29, 0.717) is 13.0 Å². The molecule has 0 radical (unpaired) electrons. The highest BCUT2D eigenvalue weighted by Crippen LogP contribution is 2.25. The van der Waals surface area contributed by atoms with Crippen molar-refractivity contribution in [2.24, 2.45) is 0 Å². The lowest BCUT2D eigenvalue weighted by Crippen LogP contribution is -1.99. The smallest absolute Gasteiger partial charge is 0.162 e. The third-order valence-electron chi connectivity index (χ3n) is 3.99. The standard InChI is InChI=1S/C22H20O2/c1-2-22(23)18-12-14-20(15-13-18)24-16-19-10-6-7-11-21(19)17-8-4-3-5-9-17/h3-15H,2,16H2,1H3. The molecule has 0 saturated heterocycles. The van der Waals surface area contributed by atoms with Gasteiger partial charge in [0.05, 0.1) is 0 Å². The zero-order chi connectivity index (χ0) is 16.8. The lowest BCUT2D eigenvalue weighted by atomic mass is 10.0. The summed E-state index contributed by atoms with van der Waals surface area (Å²) in [5.41, 5.74) is 4.23. The van der Waals surface area contributed by atoms with E-state index in [4.69, 9.17) is 4.74 Å². The molecular weight excluding hydrogens is 296 g/mol. The van der Waals surface area contributed by atoms with Crippen molar-refractivity contribution >= 4 is 5.78 Å². The van der Waals surface area contributed by atoms with Crippen LogP contribution in [0, 0.1) is 0 Å². The van der Waals surface area contributed by atoms with Gasteiger partial charge in [-0.05, 0) is 41.0 Å². The van der Waals surface area contributed by atoms with Crippen LogP contribution in [0.1, 0.15) is 29.3 Å². The van der Waals surface area contributed by atoms with E-state index >= 15 is 0 Å². The molecule has 2 heteroatoms. The minimum atomic E-state index is 0.149. The summed E-state index contributed by atoms with van der Waals surface area (Å²) in [5.74, 6) is 0.918. The van der Waals surface area contributed by atoms with E-state index in [1.165, 1.54) is 11.1 Å². The fourth-order valence-electron chi connectivity index (χ4n) is 2.65. The van der Waals surface area contributed by atoms with Gasteiger partial charge in [-0.2, -0.15) is 0 Å². The van der Waals surface area contributed by atoms with Gasteiger partial charge < -0.3 is 4.74 Å². The molecule has 0 fully saturated rings. The quantitative estimate of drug-likeness (QED) is 0.559. The van der Waals surface area contributed by atoms with Crippen molar-refractivity contribution in [1.29, 1.82) is 0 Å². The molecule has 0 saturated carbocycles.